The van der Waals surface area contributed by atoms with Crippen molar-refractivity contribution in [2.75, 3.05) is 0 Å². The summed E-state index contributed by atoms with van der Waals surface area (Å²) in [6, 6.07) is 18.1. The van der Waals surface area contributed by atoms with Crippen molar-refractivity contribution in [3.63, 3.8) is 0 Å². The van der Waals surface area contributed by atoms with Crippen molar-refractivity contribution in [1.29, 1.82) is 0 Å². The molecule has 5 heteroatoms. The Bertz CT molecular complexity index is 733. The first-order valence-corrected chi connectivity index (χ1v) is 6.10. The molecule has 0 bridgehead atoms. The van der Waals surface area contributed by atoms with Gasteiger partial charge in [-0.1, -0.05) is 30.3 Å². The Hall–Kier alpha value is -2.95. The Kier molecular flexibility index (Phi) is 3.01. The molecule has 0 aliphatic carbocycles. The minimum Gasteiger partial charge on any atom is -0.258 e. The molecule has 0 radical (unpaired) electrons. The summed E-state index contributed by atoms with van der Waals surface area (Å²) in [5.41, 5.74) is 2.85. The number of hydrogen-bond acceptors (Lipinski definition) is 3. The molecule has 98 valence electrons. The second kappa shape index (κ2) is 4.97. The van der Waals surface area contributed by atoms with Crippen LogP contribution >= 0.6 is 0 Å². The summed E-state index contributed by atoms with van der Waals surface area (Å²) in [4.78, 5) is 10.3. The fourth-order valence-electron chi connectivity index (χ4n) is 2.05. The van der Waals surface area contributed by atoms with E-state index in [1.807, 2.05) is 36.4 Å². The molecule has 1 heterocycles. The lowest BCUT2D eigenvalue weighted by atomic mass is 10.1. The average molecular weight is 265 g/mol. The predicted octanol–water partition coefficient (Wildman–Crippen LogP) is 3.45. The van der Waals surface area contributed by atoms with Crippen LogP contribution in [-0.4, -0.2) is 14.7 Å². The first-order chi connectivity index (χ1) is 9.75. The van der Waals surface area contributed by atoms with Crippen LogP contribution in [0.15, 0.2) is 66.9 Å². The van der Waals surface area contributed by atoms with Crippen LogP contribution in [0, 0.1) is 10.1 Å². The summed E-state index contributed by atoms with van der Waals surface area (Å²) in [6.07, 6.45) is 1.71. The third-order valence-electron chi connectivity index (χ3n) is 3.02. The van der Waals surface area contributed by atoms with Gasteiger partial charge in [0.2, 0.25) is 0 Å². The molecule has 0 amide bonds. The van der Waals surface area contributed by atoms with Gasteiger partial charge in [-0.15, -0.1) is 0 Å². The minimum atomic E-state index is -0.412. The van der Waals surface area contributed by atoms with E-state index in [0.717, 1.165) is 16.9 Å². The molecule has 3 aromatic rings. The minimum absolute atomic E-state index is 0.0715. The fourth-order valence-corrected chi connectivity index (χ4v) is 2.05. The number of benzene rings is 2. The first kappa shape index (κ1) is 12.1. The van der Waals surface area contributed by atoms with E-state index in [9.17, 15) is 10.1 Å². The van der Waals surface area contributed by atoms with Gasteiger partial charge in [-0.25, -0.2) is 4.68 Å². The highest BCUT2D eigenvalue weighted by Gasteiger charge is 2.09. The molecule has 0 unspecified atom stereocenters. The molecule has 0 saturated carbocycles. The van der Waals surface area contributed by atoms with Crippen molar-refractivity contribution in [1.82, 2.24) is 9.78 Å². The first-order valence-electron chi connectivity index (χ1n) is 6.10. The van der Waals surface area contributed by atoms with Gasteiger partial charge >= 0.3 is 0 Å². The molecule has 0 N–H and O–H groups in total. The smallest absolute Gasteiger partial charge is 0.258 e. The summed E-state index contributed by atoms with van der Waals surface area (Å²) in [5, 5.41) is 15.0. The topological polar surface area (TPSA) is 61.0 Å². The number of nitro groups is 1. The second-order valence-corrected chi connectivity index (χ2v) is 4.27. The summed E-state index contributed by atoms with van der Waals surface area (Å²) < 4.78 is 1.76. The van der Waals surface area contributed by atoms with E-state index in [1.54, 1.807) is 23.0 Å². The van der Waals surface area contributed by atoms with Crippen LogP contribution in [0.3, 0.4) is 0 Å². The summed E-state index contributed by atoms with van der Waals surface area (Å²) >= 11 is 0. The zero-order valence-corrected chi connectivity index (χ0v) is 10.5. The monoisotopic (exact) mass is 265 g/mol. The lowest BCUT2D eigenvalue weighted by Gasteiger charge is -2.07. The van der Waals surface area contributed by atoms with Gasteiger partial charge in [-0.3, -0.25) is 10.1 Å². The molecule has 0 spiro atoms. The maximum absolute atomic E-state index is 10.7. The standard InChI is InChI=1S/C15H11N3O2/c19-18(20)14-8-6-13(7-9-14)17-15(10-11-16-17)12-4-2-1-3-5-12/h1-11H. The SMILES string of the molecule is O=[N+]([O-])c1ccc(-n2nccc2-c2ccccc2)cc1. The van der Waals surface area contributed by atoms with Gasteiger partial charge < -0.3 is 0 Å². The molecule has 5 nitrogen and oxygen atoms in total. The van der Waals surface area contributed by atoms with Crippen molar-refractivity contribution in [3.05, 3.63) is 77.0 Å². The van der Waals surface area contributed by atoms with Crippen LogP contribution < -0.4 is 0 Å². The van der Waals surface area contributed by atoms with Crippen LogP contribution in [0.2, 0.25) is 0 Å². The van der Waals surface area contributed by atoms with E-state index in [0.29, 0.717) is 0 Å². The third-order valence-corrected chi connectivity index (χ3v) is 3.02. The van der Waals surface area contributed by atoms with Gasteiger partial charge in [0.05, 0.1) is 22.5 Å². The van der Waals surface area contributed by atoms with Crippen molar-refractivity contribution in [2.24, 2.45) is 0 Å². The number of hydrogen-bond donors (Lipinski definition) is 0. The zero-order valence-electron chi connectivity index (χ0n) is 10.5. The molecule has 0 saturated heterocycles. The van der Waals surface area contributed by atoms with E-state index in [4.69, 9.17) is 0 Å². The summed E-state index contributed by atoms with van der Waals surface area (Å²) in [6.45, 7) is 0. The zero-order chi connectivity index (χ0) is 13.9. The van der Waals surface area contributed by atoms with Gasteiger partial charge in [0, 0.05) is 17.7 Å². The van der Waals surface area contributed by atoms with Crippen molar-refractivity contribution in [3.8, 4) is 16.9 Å². The molecule has 1 aromatic heterocycles. The Balaban J connectivity index is 2.04. The van der Waals surface area contributed by atoms with Crippen LogP contribution in [0.4, 0.5) is 5.69 Å². The normalized spacial score (nSPS) is 10.4. The van der Waals surface area contributed by atoms with Gasteiger partial charge in [0.15, 0.2) is 0 Å². The van der Waals surface area contributed by atoms with E-state index >= 15 is 0 Å². The van der Waals surface area contributed by atoms with E-state index in [2.05, 4.69) is 5.10 Å². The fraction of sp³-hybridized carbons (Fsp3) is 0. The van der Waals surface area contributed by atoms with E-state index in [-0.39, 0.29) is 5.69 Å². The maximum Gasteiger partial charge on any atom is 0.269 e. The van der Waals surface area contributed by atoms with Crippen molar-refractivity contribution >= 4 is 5.69 Å². The van der Waals surface area contributed by atoms with Gasteiger partial charge in [0.1, 0.15) is 0 Å². The maximum atomic E-state index is 10.7. The highest BCUT2D eigenvalue weighted by Crippen LogP contribution is 2.23. The number of rotatable bonds is 3. The molecule has 0 aliphatic heterocycles. The summed E-state index contributed by atoms with van der Waals surface area (Å²) in [5.74, 6) is 0. The highest BCUT2D eigenvalue weighted by molar-refractivity contribution is 5.61. The highest BCUT2D eigenvalue weighted by atomic mass is 16.6. The quantitative estimate of drug-likeness (QED) is 0.538. The molecule has 0 atom stereocenters. The third kappa shape index (κ3) is 2.16. The van der Waals surface area contributed by atoms with Crippen LogP contribution in [-0.2, 0) is 0 Å². The number of aromatic nitrogens is 2. The molecule has 3 rings (SSSR count). The molecule has 20 heavy (non-hydrogen) atoms. The predicted molar refractivity (Wildman–Crippen MR) is 75.7 cm³/mol. The molecule has 0 aliphatic rings. The van der Waals surface area contributed by atoms with E-state index < -0.39 is 4.92 Å². The number of non-ortho nitro benzene ring substituents is 1. The second-order valence-electron chi connectivity index (χ2n) is 4.27. The Morgan fingerprint density at radius 1 is 0.950 bits per heavy atom. The molecule has 2 aromatic carbocycles. The average Bonchev–Trinajstić information content (AvgIpc) is 2.97. The van der Waals surface area contributed by atoms with Crippen LogP contribution in [0.25, 0.3) is 16.9 Å². The number of nitro benzene ring substituents is 1. The van der Waals surface area contributed by atoms with Crippen LogP contribution in [0.5, 0.6) is 0 Å². The van der Waals surface area contributed by atoms with Crippen molar-refractivity contribution < 1.29 is 4.92 Å². The number of nitrogens with zero attached hydrogens (tertiary/aromatic N) is 3. The molecular weight excluding hydrogens is 254 g/mol. The Morgan fingerprint density at radius 3 is 2.30 bits per heavy atom. The van der Waals surface area contributed by atoms with E-state index in [1.165, 1.54) is 12.1 Å². The van der Waals surface area contributed by atoms with Gasteiger partial charge in [-0.05, 0) is 18.2 Å². The molecule has 0 fully saturated rings. The lowest BCUT2D eigenvalue weighted by molar-refractivity contribution is -0.384. The lowest BCUT2D eigenvalue weighted by Crippen LogP contribution is -1.99. The van der Waals surface area contributed by atoms with Gasteiger partial charge in [0.25, 0.3) is 5.69 Å². The van der Waals surface area contributed by atoms with Crippen molar-refractivity contribution in [2.45, 2.75) is 0 Å². The molecular formula is C15H11N3O2. The van der Waals surface area contributed by atoms with Gasteiger partial charge in [-0.2, -0.15) is 5.10 Å². The summed E-state index contributed by atoms with van der Waals surface area (Å²) in [7, 11) is 0. The largest absolute Gasteiger partial charge is 0.269 e. The Labute approximate surface area is 115 Å². The Morgan fingerprint density at radius 2 is 1.65 bits per heavy atom. The van der Waals surface area contributed by atoms with Crippen LogP contribution in [0.1, 0.15) is 0 Å².